The van der Waals surface area contributed by atoms with Gasteiger partial charge in [-0.25, -0.2) is 13.5 Å². The van der Waals surface area contributed by atoms with Crippen LogP contribution in [0.25, 0.3) is 10.8 Å². The van der Waals surface area contributed by atoms with Crippen molar-refractivity contribution < 1.29 is 4.21 Å². The number of aromatic amines is 1. The third-order valence-corrected chi connectivity index (χ3v) is 6.13. The van der Waals surface area contributed by atoms with Crippen LogP contribution >= 0.6 is 11.6 Å². The SMILES string of the molecule is CS(=O)N1CCC(c2ccc(Nc3nc(Cl)cc4cc[nH]c(=O)c34)cc2)C1. The van der Waals surface area contributed by atoms with Crippen molar-refractivity contribution in [2.45, 2.75) is 12.3 Å². The van der Waals surface area contributed by atoms with Crippen molar-refractivity contribution >= 4 is 44.9 Å². The minimum absolute atomic E-state index is 0.214. The van der Waals surface area contributed by atoms with Gasteiger partial charge in [0.15, 0.2) is 0 Å². The minimum atomic E-state index is -0.917. The zero-order valence-corrected chi connectivity index (χ0v) is 16.3. The van der Waals surface area contributed by atoms with Crippen LogP contribution < -0.4 is 10.9 Å². The first kappa shape index (κ1) is 18.2. The standard InChI is InChI=1S/C19H19ClN4O2S/c1-27(26)24-9-7-14(11-24)12-2-4-15(5-3-12)22-18-17-13(10-16(20)23-18)6-8-21-19(17)25/h2-6,8,10,14H,7,9,11H2,1H3,(H,21,25)(H,22,23). The maximum Gasteiger partial charge on any atom is 0.259 e. The van der Waals surface area contributed by atoms with Crippen molar-refractivity contribution in [3.63, 3.8) is 0 Å². The Kier molecular flexibility index (Phi) is 4.99. The zero-order valence-electron chi connectivity index (χ0n) is 14.7. The van der Waals surface area contributed by atoms with Crippen LogP contribution in [-0.4, -0.2) is 37.8 Å². The lowest BCUT2D eigenvalue weighted by Gasteiger charge is -2.14. The lowest BCUT2D eigenvalue weighted by atomic mass is 9.98. The fourth-order valence-corrected chi connectivity index (χ4v) is 4.44. The van der Waals surface area contributed by atoms with Gasteiger partial charge in [-0.3, -0.25) is 4.79 Å². The van der Waals surface area contributed by atoms with Gasteiger partial charge < -0.3 is 10.3 Å². The number of H-pyrrole nitrogens is 1. The van der Waals surface area contributed by atoms with Gasteiger partial charge in [-0.1, -0.05) is 23.7 Å². The van der Waals surface area contributed by atoms with Crippen molar-refractivity contribution in [2.75, 3.05) is 24.7 Å². The van der Waals surface area contributed by atoms with E-state index in [-0.39, 0.29) is 5.56 Å². The number of anilines is 2. The second-order valence-corrected chi connectivity index (χ2v) is 8.36. The normalized spacial score (nSPS) is 18.7. The summed E-state index contributed by atoms with van der Waals surface area (Å²) in [5, 5.41) is 4.73. The smallest absolute Gasteiger partial charge is 0.259 e. The Morgan fingerprint density at radius 2 is 2.07 bits per heavy atom. The first-order valence-corrected chi connectivity index (χ1v) is 10.5. The number of rotatable bonds is 4. The van der Waals surface area contributed by atoms with Crippen LogP contribution in [0.1, 0.15) is 17.9 Å². The molecule has 2 unspecified atom stereocenters. The van der Waals surface area contributed by atoms with Gasteiger partial charge in [0.25, 0.3) is 5.56 Å². The highest BCUT2D eigenvalue weighted by atomic mass is 35.5. The molecule has 3 aromatic rings. The summed E-state index contributed by atoms with van der Waals surface area (Å²) < 4.78 is 13.6. The van der Waals surface area contributed by atoms with Crippen LogP contribution in [0.4, 0.5) is 11.5 Å². The summed E-state index contributed by atoms with van der Waals surface area (Å²) in [6.45, 7) is 1.67. The molecular formula is C19H19ClN4O2S. The van der Waals surface area contributed by atoms with Gasteiger partial charge in [-0.05, 0) is 47.6 Å². The maximum absolute atomic E-state index is 12.2. The molecule has 2 aromatic heterocycles. The van der Waals surface area contributed by atoms with E-state index in [2.05, 4.69) is 27.4 Å². The number of hydrogen-bond acceptors (Lipinski definition) is 4. The second-order valence-electron chi connectivity index (χ2n) is 6.61. The lowest BCUT2D eigenvalue weighted by molar-refractivity contribution is 0.532. The lowest BCUT2D eigenvalue weighted by Crippen LogP contribution is -2.21. The minimum Gasteiger partial charge on any atom is -0.339 e. The number of pyridine rings is 2. The van der Waals surface area contributed by atoms with Crippen molar-refractivity contribution in [1.82, 2.24) is 14.3 Å². The quantitative estimate of drug-likeness (QED) is 0.655. The zero-order chi connectivity index (χ0) is 19.0. The highest BCUT2D eigenvalue weighted by Gasteiger charge is 2.25. The molecule has 1 fully saturated rings. The Balaban J connectivity index is 1.59. The molecule has 6 nitrogen and oxygen atoms in total. The van der Waals surface area contributed by atoms with Crippen LogP contribution in [0, 0.1) is 0 Å². The van der Waals surface area contributed by atoms with Crippen LogP contribution in [0.3, 0.4) is 0 Å². The molecule has 1 saturated heterocycles. The summed E-state index contributed by atoms with van der Waals surface area (Å²) in [7, 11) is -0.917. The topological polar surface area (TPSA) is 78.1 Å². The molecule has 4 rings (SSSR count). The van der Waals surface area contributed by atoms with E-state index in [1.54, 1.807) is 24.6 Å². The van der Waals surface area contributed by atoms with E-state index in [0.717, 1.165) is 30.6 Å². The molecule has 27 heavy (non-hydrogen) atoms. The molecule has 2 N–H and O–H groups in total. The second kappa shape index (κ2) is 7.42. The fourth-order valence-electron chi connectivity index (χ4n) is 3.48. The molecule has 1 aliphatic rings. The van der Waals surface area contributed by atoms with Gasteiger partial charge in [-0.2, -0.15) is 0 Å². The van der Waals surface area contributed by atoms with E-state index in [4.69, 9.17) is 11.6 Å². The van der Waals surface area contributed by atoms with Gasteiger partial charge in [0.05, 0.1) is 16.4 Å². The first-order valence-electron chi connectivity index (χ1n) is 8.64. The Labute approximate surface area is 164 Å². The number of nitrogens with zero attached hydrogens (tertiary/aromatic N) is 2. The van der Waals surface area contributed by atoms with E-state index in [9.17, 15) is 9.00 Å². The van der Waals surface area contributed by atoms with Crippen LogP contribution in [0.15, 0.2) is 47.4 Å². The molecular weight excluding hydrogens is 384 g/mol. The summed E-state index contributed by atoms with van der Waals surface area (Å²) in [5.41, 5.74) is 1.83. The van der Waals surface area contributed by atoms with E-state index < -0.39 is 11.0 Å². The first-order chi connectivity index (χ1) is 13.0. The molecule has 0 aliphatic carbocycles. The average Bonchev–Trinajstić information content (AvgIpc) is 3.12. The van der Waals surface area contributed by atoms with Crippen molar-refractivity contribution in [3.05, 3.63) is 63.7 Å². The van der Waals surface area contributed by atoms with Gasteiger partial charge in [0.1, 0.15) is 11.0 Å². The molecule has 1 aromatic carbocycles. The summed E-state index contributed by atoms with van der Waals surface area (Å²) in [6, 6.07) is 11.5. The fraction of sp³-hybridized carbons (Fsp3) is 0.263. The molecule has 140 valence electrons. The monoisotopic (exact) mass is 402 g/mol. The van der Waals surface area contributed by atoms with Crippen LogP contribution in [0.5, 0.6) is 0 Å². The van der Waals surface area contributed by atoms with Gasteiger partial charge >= 0.3 is 0 Å². The molecule has 0 saturated carbocycles. The molecule has 8 heteroatoms. The summed E-state index contributed by atoms with van der Waals surface area (Å²) in [5.74, 6) is 0.816. The van der Waals surface area contributed by atoms with Gasteiger partial charge in [0.2, 0.25) is 0 Å². The van der Waals surface area contributed by atoms with E-state index >= 15 is 0 Å². The molecule has 1 aliphatic heterocycles. The summed E-state index contributed by atoms with van der Waals surface area (Å²) in [4.78, 5) is 19.2. The Morgan fingerprint density at radius 1 is 1.30 bits per heavy atom. The number of nitrogens with one attached hydrogen (secondary N) is 2. The van der Waals surface area contributed by atoms with E-state index in [1.165, 1.54) is 5.56 Å². The summed E-state index contributed by atoms with van der Waals surface area (Å²) >= 11 is 6.10. The summed E-state index contributed by atoms with van der Waals surface area (Å²) in [6.07, 6.45) is 4.31. The molecule has 3 heterocycles. The van der Waals surface area contributed by atoms with Gasteiger partial charge in [0, 0.05) is 31.2 Å². The Bertz CT molecular complexity index is 1070. The number of halogens is 1. The Hall–Kier alpha value is -2.22. The molecule has 0 bridgehead atoms. The predicted molar refractivity (Wildman–Crippen MR) is 110 cm³/mol. The van der Waals surface area contributed by atoms with Crippen molar-refractivity contribution in [2.24, 2.45) is 0 Å². The average molecular weight is 403 g/mol. The maximum atomic E-state index is 12.2. The van der Waals surface area contributed by atoms with Crippen LogP contribution in [-0.2, 0) is 11.0 Å². The highest BCUT2D eigenvalue weighted by Crippen LogP contribution is 2.30. The van der Waals surface area contributed by atoms with Gasteiger partial charge in [-0.15, -0.1) is 0 Å². The van der Waals surface area contributed by atoms with Crippen LogP contribution in [0.2, 0.25) is 5.15 Å². The highest BCUT2D eigenvalue weighted by molar-refractivity contribution is 7.81. The van der Waals surface area contributed by atoms with Crippen molar-refractivity contribution in [3.8, 4) is 0 Å². The number of hydrogen-bond donors (Lipinski definition) is 2. The molecule has 0 amide bonds. The number of aromatic nitrogens is 2. The molecule has 2 atom stereocenters. The number of fused-ring (bicyclic) bond motifs is 1. The van der Waals surface area contributed by atoms with E-state index in [1.807, 2.05) is 16.4 Å². The van der Waals surface area contributed by atoms with E-state index in [0.29, 0.717) is 22.3 Å². The third kappa shape index (κ3) is 3.76. The van der Waals surface area contributed by atoms with Crippen molar-refractivity contribution in [1.29, 1.82) is 0 Å². The largest absolute Gasteiger partial charge is 0.339 e. The predicted octanol–water partition coefficient (Wildman–Crippen LogP) is 3.40. The number of benzene rings is 1. The Morgan fingerprint density at radius 3 is 2.78 bits per heavy atom. The third-order valence-electron chi connectivity index (χ3n) is 4.88. The molecule has 0 spiro atoms. The molecule has 0 radical (unpaired) electrons.